The quantitative estimate of drug-likeness (QED) is 0.593. The first kappa shape index (κ1) is 19.2. The molecule has 2 fully saturated rings. The summed E-state index contributed by atoms with van der Waals surface area (Å²) in [5.74, 6) is -2.06. The van der Waals surface area contributed by atoms with E-state index >= 15 is 0 Å². The highest BCUT2D eigenvalue weighted by Gasteiger charge is 2.28. The van der Waals surface area contributed by atoms with Crippen molar-refractivity contribution >= 4 is 29.1 Å². The smallest absolute Gasteiger partial charge is 0.253 e. The number of amides is 3. The second-order valence-corrected chi connectivity index (χ2v) is 6.79. The summed E-state index contributed by atoms with van der Waals surface area (Å²) in [6.07, 6.45) is 3.25. The zero-order chi connectivity index (χ0) is 19.4. The van der Waals surface area contributed by atoms with Gasteiger partial charge in [-0.05, 0) is 43.5 Å². The fourth-order valence-corrected chi connectivity index (χ4v) is 3.07. The van der Waals surface area contributed by atoms with E-state index in [4.69, 9.17) is 10.5 Å². The summed E-state index contributed by atoms with van der Waals surface area (Å²) in [7, 11) is 0. The van der Waals surface area contributed by atoms with Crippen molar-refractivity contribution in [3.63, 3.8) is 0 Å². The number of halogens is 1. The van der Waals surface area contributed by atoms with Gasteiger partial charge in [-0.1, -0.05) is 6.42 Å². The zero-order valence-electron chi connectivity index (χ0n) is 14.9. The molecule has 3 amide bonds. The number of morpholine rings is 1. The summed E-state index contributed by atoms with van der Waals surface area (Å²) in [6.45, 7) is 1.17. The van der Waals surface area contributed by atoms with Crippen molar-refractivity contribution in [2.75, 3.05) is 36.5 Å². The van der Waals surface area contributed by atoms with Crippen LogP contribution in [0.15, 0.2) is 18.2 Å². The molecule has 1 aliphatic heterocycles. The third-order valence-corrected chi connectivity index (χ3v) is 4.89. The van der Waals surface area contributed by atoms with Crippen molar-refractivity contribution in [1.82, 2.24) is 5.32 Å². The van der Waals surface area contributed by atoms with Crippen LogP contribution in [-0.4, -0.2) is 50.1 Å². The standard InChI is InChI=1S/C18H23FN4O4/c19-13-8-12(23-6-7-27-10-15(23)24)4-5-14(13)22-18(26)16(17(20)25)21-9-11-2-1-3-11/h4-5,8,11,16,21H,1-3,6-7,9-10H2,(H2,20,25)(H,22,26)/t16-/m1/s1. The lowest BCUT2D eigenvalue weighted by molar-refractivity contribution is -0.128. The Kier molecular flexibility index (Phi) is 6.02. The minimum Gasteiger partial charge on any atom is -0.370 e. The lowest BCUT2D eigenvalue weighted by atomic mass is 9.85. The average Bonchev–Trinajstić information content (AvgIpc) is 2.59. The summed E-state index contributed by atoms with van der Waals surface area (Å²) in [5, 5.41) is 5.24. The minimum atomic E-state index is -1.23. The molecule has 27 heavy (non-hydrogen) atoms. The predicted molar refractivity (Wildman–Crippen MR) is 96.5 cm³/mol. The molecule has 0 aromatic heterocycles. The molecule has 1 aromatic carbocycles. The largest absolute Gasteiger partial charge is 0.370 e. The van der Waals surface area contributed by atoms with Crippen LogP contribution in [0.5, 0.6) is 0 Å². The number of nitrogens with one attached hydrogen (secondary N) is 2. The second kappa shape index (κ2) is 8.45. The van der Waals surface area contributed by atoms with Crippen molar-refractivity contribution in [3.05, 3.63) is 24.0 Å². The van der Waals surface area contributed by atoms with Crippen LogP contribution in [-0.2, 0) is 19.1 Å². The van der Waals surface area contributed by atoms with Gasteiger partial charge in [0.05, 0.1) is 12.3 Å². The summed E-state index contributed by atoms with van der Waals surface area (Å²) < 4.78 is 19.5. The van der Waals surface area contributed by atoms with E-state index in [1.807, 2.05) is 0 Å². The molecule has 1 atom stereocenters. The maximum absolute atomic E-state index is 14.4. The monoisotopic (exact) mass is 378 g/mol. The molecule has 0 bridgehead atoms. The molecule has 9 heteroatoms. The van der Waals surface area contributed by atoms with Crippen molar-refractivity contribution in [1.29, 1.82) is 0 Å². The number of carbonyl (C=O) groups excluding carboxylic acids is 3. The van der Waals surface area contributed by atoms with Gasteiger partial charge in [-0.25, -0.2) is 4.39 Å². The number of anilines is 2. The van der Waals surface area contributed by atoms with Crippen LogP contribution >= 0.6 is 0 Å². The molecule has 3 rings (SSSR count). The highest BCUT2D eigenvalue weighted by atomic mass is 19.1. The Bertz CT molecular complexity index is 738. The van der Waals surface area contributed by atoms with Gasteiger partial charge in [-0.3, -0.25) is 19.7 Å². The van der Waals surface area contributed by atoms with E-state index in [0.29, 0.717) is 31.3 Å². The van der Waals surface area contributed by atoms with Gasteiger partial charge in [-0.2, -0.15) is 0 Å². The van der Waals surface area contributed by atoms with Crippen molar-refractivity contribution in [3.8, 4) is 0 Å². The lowest BCUT2D eigenvalue weighted by Crippen LogP contribution is -2.51. The third kappa shape index (κ3) is 4.61. The molecule has 1 aromatic rings. The van der Waals surface area contributed by atoms with E-state index < -0.39 is 23.7 Å². The van der Waals surface area contributed by atoms with Gasteiger partial charge >= 0.3 is 0 Å². The van der Waals surface area contributed by atoms with Crippen molar-refractivity contribution in [2.24, 2.45) is 11.7 Å². The first-order chi connectivity index (χ1) is 13.0. The van der Waals surface area contributed by atoms with Gasteiger partial charge in [0.2, 0.25) is 5.91 Å². The highest BCUT2D eigenvalue weighted by molar-refractivity contribution is 6.09. The van der Waals surface area contributed by atoms with Crippen LogP contribution in [0.3, 0.4) is 0 Å². The lowest BCUT2D eigenvalue weighted by Gasteiger charge is -2.27. The van der Waals surface area contributed by atoms with E-state index in [1.165, 1.54) is 23.1 Å². The van der Waals surface area contributed by atoms with E-state index in [-0.39, 0.29) is 18.2 Å². The van der Waals surface area contributed by atoms with Gasteiger partial charge in [0.1, 0.15) is 12.4 Å². The highest BCUT2D eigenvalue weighted by Crippen LogP contribution is 2.26. The van der Waals surface area contributed by atoms with Gasteiger partial charge < -0.3 is 20.7 Å². The summed E-state index contributed by atoms with van der Waals surface area (Å²) in [6, 6.07) is 2.82. The van der Waals surface area contributed by atoms with Gasteiger partial charge in [0.15, 0.2) is 6.04 Å². The van der Waals surface area contributed by atoms with Crippen LogP contribution in [0.4, 0.5) is 15.8 Å². The summed E-state index contributed by atoms with van der Waals surface area (Å²) in [5.41, 5.74) is 5.60. The summed E-state index contributed by atoms with van der Waals surface area (Å²) in [4.78, 5) is 37.2. The second-order valence-electron chi connectivity index (χ2n) is 6.79. The average molecular weight is 378 g/mol. The Balaban J connectivity index is 1.65. The number of nitrogens with zero attached hydrogens (tertiary/aromatic N) is 1. The van der Waals surface area contributed by atoms with Crippen LogP contribution in [0.25, 0.3) is 0 Å². The fraction of sp³-hybridized carbons (Fsp3) is 0.500. The Morgan fingerprint density at radius 3 is 2.74 bits per heavy atom. The minimum absolute atomic E-state index is 0.0486. The third-order valence-electron chi connectivity index (χ3n) is 4.89. The Hall–Kier alpha value is -2.52. The molecule has 1 saturated heterocycles. The molecule has 0 radical (unpaired) electrons. The Labute approximate surface area is 156 Å². The van der Waals surface area contributed by atoms with Crippen LogP contribution < -0.4 is 21.3 Å². The number of ether oxygens (including phenoxy) is 1. The van der Waals surface area contributed by atoms with Gasteiger partial charge in [-0.15, -0.1) is 0 Å². The number of primary amides is 1. The van der Waals surface area contributed by atoms with Crippen molar-refractivity contribution in [2.45, 2.75) is 25.3 Å². The molecule has 2 aliphatic rings. The molecule has 0 unspecified atom stereocenters. The van der Waals surface area contributed by atoms with Crippen LogP contribution in [0.1, 0.15) is 19.3 Å². The predicted octanol–water partition coefficient (Wildman–Crippen LogP) is 0.371. The summed E-state index contributed by atoms with van der Waals surface area (Å²) >= 11 is 0. The Morgan fingerprint density at radius 1 is 1.37 bits per heavy atom. The fourth-order valence-electron chi connectivity index (χ4n) is 3.07. The number of benzene rings is 1. The molecule has 1 heterocycles. The van der Waals surface area contributed by atoms with E-state index in [9.17, 15) is 18.8 Å². The number of carbonyl (C=O) groups is 3. The molecule has 1 aliphatic carbocycles. The van der Waals surface area contributed by atoms with Gasteiger partial charge in [0, 0.05) is 12.2 Å². The topological polar surface area (TPSA) is 114 Å². The van der Waals surface area contributed by atoms with Crippen LogP contribution in [0, 0.1) is 11.7 Å². The molecular formula is C18H23FN4O4. The molecule has 8 nitrogen and oxygen atoms in total. The van der Waals surface area contributed by atoms with E-state index in [0.717, 1.165) is 19.3 Å². The maximum atomic E-state index is 14.4. The molecule has 1 saturated carbocycles. The number of hydrogen-bond acceptors (Lipinski definition) is 5. The number of nitrogens with two attached hydrogens (primary N) is 1. The van der Waals surface area contributed by atoms with Crippen molar-refractivity contribution < 1.29 is 23.5 Å². The number of rotatable bonds is 7. The zero-order valence-corrected chi connectivity index (χ0v) is 14.9. The molecule has 4 N–H and O–H groups in total. The van der Waals surface area contributed by atoms with Gasteiger partial charge in [0.25, 0.3) is 11.8 Å². The first-order valence-corrected chi connectivity index (χ1v) is 8.97. The Morgan fingerprint density at radius 2 is 2.15 bits per heavy atom. The van der Waals surface area contributed by atoms with Crippen LogP contribution in [0.2, 0.25) is 0 Å². The normalized spacial score (nSPS) is 18.7. The SMILES string of the molecule is NC(=O)[C@@H](NCC1CCC1)C(=O)Nc1ccc(N2CCOCC2=O)cc1F. The first-order valence-electron chi connectivity index (χ1n) is 8.97. The number of hydrogen-bond donors (Lipinski definition) is 3. The molecule has 0 spiro atoms. The van der Waals surface area contributed by atoms with E-state index in [2.05, 4.69) is 10.6 Å². The molecule has 146 valence electrons. The molecular weight excluding hydrogens is 355 g/mol. The maximum Gasteiger partial charge on any atom is 0.253 e. The van der Waals surface area contributed by atoms with E-state index in [1.54, 1.807) is 0 Å².